The fraction of sp³-hybridized carbons (Fsp3) is 0.133. The lowest BCUT2D eigenvalue weighted by Gasteiger charge is -2.18. The van der Waals surface area contributed by atoms with Crippen LogP contribution in [-0.2, 0) is 0 Å². The lowest BCUT2D eigenvalue weighted by molar-refractivity contribution is 0.0697. The summed E-state index contributed by atoms with van der Waals surface area (Å²) in [5.74, 6) is -1.74. The number of carbonyl (C=O) groups is 1. The molecule has 20 heavy (non-hydrogen) atoms. The largest absolute Gasteiger partial charge is 0.478 e. The average molecular weight is 338 g/mol. The molecule has 104 valence electrons. The first-order chi connectivity index (χ1) is 9.49. The summed E-state index contributed by atoms with van der Waals surface area (Å²) in [5.41, 5.74) is 0.860. The average Bonchev–Trinajstić information content (AvgIpc) is 2.40. The van der Waals surface area contributed by atoms with E-state index >= 15 is 0 Å². The van der Waals surface area contributed by atoms with E-state index in [0.717, 1.165) is 10.0 Å². The first kappa shape index (κ1) is 14.5. The van der Waals surface area contributed by atoms with Gasteiger partial charge in [0.2, 0.25) is 0 Å². The molecule has 0 aromatic heterocycles. The van der Waals surface area contributed by atoms with Gasteiger partial charge in [0.15, 0.2) is 0 Å². The first-order valence-corrected chi connectivity index (χ1v) is 6.82. The molecule has 0 heterocycles. The summed E-state index contributed by atoms with van der Waals surface area (Å²) in [4.78, 5) is 11.1. The van der Waals surface area contributed by atoms with Gasteiger partial charge in [-0.2, -0.15) is 0 Å². The number of benzene rings is 2. The van der Waals surface area contributed by atoms with Crippen molar-refractivity contribution in [3.8, 4) is 0 Å². The van der Waals surface area contributed by atoms with Gasteiger partial charge in [-0.25, -0.2) is 9.18 Å². The molecule has 2 aromatic carbocycles. The van der Waals surface area contributed by atoms with Crippen molar-refractivity contribution < 1.29 is 14.3 Å². The molecule has 0 saturated carbocycles. The van der Waals surface area contributed by atoms with Crippen molar-refractivity contribution in [1.82, 2.24) is 0 Å². The van der Waals surface area contributed by atoms with Gasteiger partial charge in [-0.15, -0.1) is 0 Å². The van der Waals surface area contributed by atoms with Crippen LogP contribution in [0.1, 0.15) is 28.9 Å². The Morgan fingerprint density at radius 1 is 1.30 bits per heavy atom. The highest BCUT2D eigenvalue weighted by Crippen LogP contribution is 2.26. The normalized spacial score (nSPS) is 11.9. The van der Waals surface area contributed by atoms with Gasteiger partial charge in [0.1, 0.15) is 5.82 Å². The standard InChI is InChI=1S/C15H13BrFNO2/c1-9(10-4-2-5-11(16)8-10)18-14-12(15(19)20)6-3-7-13(14)17/h2-9,18H,1H3,(H,19,20). The van der Waals surface area contributed by atoms with Crippen molar-refractivity contribution in [2.75, 3.05) is 5.32 Å². The summed E-state index contributed by atoms with van der Waals surface area (Å²) in [6.45, 7) is 1.85. The predicted molar refractivity (Wildman–Crippen MR) is 79.5 cm³/mol. The number of carboxylic acids is 1. The van der Waals surface area contributed by atoms with Crippen LogP contribution in [-0.4, -0.2) is 11.1 Å². The Bertz CT molecular complexity index is 646. The predicted octanol–water partition coefficient (Wildman–Crippen LogP) is 4.46. The van der Waals surface area contributed by atoms with E-state index in [9.17, 15) is 9.18 Å². The molecule has 1 unspecified atom stereocenters. The fourth-order valence-electron chi connectivity index (χ4n) is 1.92. The van der Waals surface area contributed by atoms with Crippen molar-refractivity contribution in [3.05, 3.63) is 63.9 Å². The smallest absolute Gasteiger partial charge is 0.337 e. The van der Waals surface area contributed by atoms with Gasteiger partial charge in [0.05, 0.1) is 11.3 Å². The number of halogens is 2. The summed E-state index contributed by atoms with van der Waals surface area (Å²) in [7, 11) is 0. The van der Waals surface area contributed by atoms with E-state index in [1.165, 1.54) is 18.2 Å². The number of carboxylic acid groups (broad SMARTS) is 1. The summed E-state index contributed by atoms with van der Waals surface area (Å²) in [6, 6.07) is 11.3. The van der Waals surface area contributed by atoms with Crippen LogP contribution in [0.15, 0.2) is 46.9 Å². The highest BCUT2D eigenvalue weighted by Gasteiger charge is 2.16. The molecule has 2 rings (SSSR count). The third-order valence-corrected chi connectivity index (χ3v) is 3.45. The van der Waals surface area contributed by atoms with Crippen LogP contribution < -0.4 is 5.32 Å². The fourth-order valence-corrected chi connectivity index (χ4v) is 2.34. The molecule has 0 radical (unpaired) electrons. The quantitative estimate of drug-likeness (QED) is 0.865. The summed E-state index contributed by atoms with van der Waals surface area (Å²) in [5, 5.41) is 12.0. The Kier molecular flexibility index (Phi) is 4.39. The van der Waals surface area contributed by atoms with Crippen molar-refractivity contribution in [3.63, 3.8) is 0 Å². The maximum Gasteiger partial charge on any atom is 0.337 e. The minimum absolute atomic E-state index is 0.00692. The van der Waals surface area contributed by atoms with Crippen LogP contribution in [0.4, 0.5) is 10.1 Å². The number of hydrogen-bond acceptors (Lipinski definition) is 2. The summed E-state index contributed by atoms with van der Waals surface area (Å²) in [6.07, 6.45) is 0. The molecule has 0 aliphatic heterocycles. The molecule has 0 aliphatic rings. The van der Waals surface area contributed by atoms with Crippen molar-refractivity contribution in [1.29, 1.82) is 0 Å². The molecule has 0 saturated heterocycles. The van der Waals surface area contributed by atoms with Gasteiger partial charge in [-0.1, -0.05) is 34.1 Å². The van der Waals surface area contributed by atoms with Gasteiger partial charge in [0.25, 0.3) is 0 Å². The van der Waals surface area contributed by atoms with E-state index < -0.39 is 11.8 Å². The zero-order valence-electron chi connectivity index (χ0n) is 10.7. The molecule has 1 atom stereocenters. The van der Waals surface area contributed by atoms with Gasteiger partial charge in [-0.05, 0) is 36.8 Å². The molecule has 0 amide bonds. The second-order valence-electron chi connectivity index (χ2n) is 4.39. The Labute approximate surface area is 124 Å². The zero-order valence-corrected chi connectivity index (χ0v) is 12.3. The molecule has 5 heteroatoms. The number of anilines is 1. The molecule has 3 nitrogen and oxygen atoms in total. The molecule has 0 spiro atoms. The van der Waals surface area contributed by atoms with Crippen molar-refractivity contribution >= 4 is 27.6 Å². The second-order valence-corrected chi connectivity index (χ2v) is 5.30. The number of rotatable bonds is 4. The van der Waals surface area contributed by atoms with E-state index in [-0.39, 0.29) is 17.3 Å². The van der Waals surface area contributed by atoms with E-state index in [2.05, 4.69) is 21.2 Å². The van der Waals surface area contributed by atoms with Crippen molar-refractivity contribution in [2.45, 2.75) is 13.0 Å². The molecule has 0 fully saturated rings. The van der Waals surface area contributed by atoms with Gasteiger partial charge in [0, 0.05) is 10.5 Å². The second kappa shape index (κ2) is 6.05. The number of aromatic carboxylic acids is 1. The Morgan fingerprint density at radius 3 is 2.65 bits per heavy atom. The Morgan fingerprint density at radius 2 is 2.00 bits per heavy atom. The van der Waals surface area contributed by atoms with Crippen LogP contribution in [0.25, 0.3) is 0 Å². The first-order valence-electron chi connectivity index (χ1n) is 6.03. The lowest BCUT2D eigenvalue weighted by atomic mass is 10.1. The summed E-state index contributed by atoms with van der Waals surface area (Å²) >= 11 is 3.37. The molecular weight excluding hydrogens is 325 g/mol. The van der Waals surface area contributed by atoms with E-state index in [1.54, 1.807) is 0 Å². The molecule has 0 bridgehead atoms. The van der Waals surface area contributed by atoms with Gasteiger partial charge in [-0.3, -0.25) is 0 Å². The highest BCUT2D eigenvalue weighted by molar-refractivity contribution is 9.10. The molecule has 0 aliphatic carbocycles. The van der Waals surface area contributed by atoms with E-state index in [4.69, 9.17) is 5.11 Å². The van der Waals surface area contributed by atoms with Crippen LogP contribution in [0, 0.1) is 5.82 Å². The highest BCUT2D eigenvalue weighted by atomic mass is 79.9. The maximum absolute atomic E-state index is 13.8. The van der Waals surface area contributed by atoms with Gasteiger partial charge < -0.3 is 10.4 Å². The third kappa shape index (κ3) is 3.17. The molecule has 2 aromatic rings. The minimum Gasteiger partial charge on any atom is -0.478 e. The number of nitrogens with one attached hydrogen (secondary N) is 1. The number of para-hydroxylation sites is 1. The monoisotopic (exact) mass is 337 g/mol. The summed E-state index contributed by atoms with van der Waals surface area (Å²) < 4.78 is 14.7. The van der Waals surface area contributed by atoms with E-state index in [1.807, 2.05) is 31.2 Å². The Balaban J connectivity index is 2.32. The van der Waals surface area contributed by atoms with Crippen LogP contribution in [0.3, 0.4) is 0 Å². The minimum atomic E-state index is -1.16. The van der Waals surface area contributed by atoms with Gasteiger partial charge >= 0.3 is 5.97 Å². The maximum atomic E-state index is 13.8. The van der Waals surface area contributed by atoms with Crippen LogP contribution in [0.5, 0.6) is 0 Å². The molecular formula is C15H13BrFNO2. The topological polar surface area (TPSA) is 49.3 Å². The Hall–Kier alpha value is -1.88. The zero-order chi connectivity index (χ0) is 14.7. The molecule has 2 N–H and O–H groups in total. The SMILES string of the molecule is CC(Nc1c(F)cccc1C(=O)O)c1cccc(Br)c1. The third-order valence-electron chi connectivity index (χ3n) is 2.95. The van der Waals surface area contributed by atoms with Crippen LogP contribution >= 0.6 is 15.9 Å². The number of hydrogen-bond donors (Lipinski definition) is 2. The van der Waals surface area contributed by atoms with E-state index in [0.29, 0.717) is 0 Å². The van der Waals surface area contributed by atoms with Crippen molar-refractivity contribution in [2.24, 2.45) is 0 Å². The van der Waals surface area contributed by atoms with Crippen LogP contribution in [0.2, 0.25) is 0 Å². The lowest BCUT2D eigenvalue weighted by Crippen LogP contribution is -2.12.